The van der Waals surface area contributed by atoms with Gasteiger partial charge in [-0.1, -0.05) is 32.9 Å². The lowest BCUT2D eigenvalue weighted by atomic mass is 9.87. The average molecular weight is 351 g/mol. The number of carbonyl (C=O) groups excluding carboxylic acids is 1. The first-order valence-corrected chi connectivity index (χ1v) is 9.35. The Morgan fingerprint density at radius 3 is 2.00 bits per heavy atom. The molecule has 2 heterocycles. The van der Waals surface area contributed by atoms with Crippen LogP contribution in [0, 0.1) is 0 Å². The van der Waals surface area contributed by atoms with Gasteiger partial charge in [-0.3, -0.25) is 9.78 Å². The maximum atomic E-state index is 12.9. The summed E-state index contributed by atoms with van der Waals surface area (Å²) in [5.41, 5.74) is 3.44. The average Bonchev–Trinajstić information content (AvgIpc) is 2.61. The molecule has 0 radical (unpaired) electrons. The van der Waals surface area contributed by atoms with Gasteiger partial charge in [0.05, 0.1) is 0 Å². The normalized spacial score (nSPS) is 21.0. The molecular formula is C22H29N3O. The number of benzene rings is 1. The number of anilines is 1. The number of hydrogen-bond acceptors (Lipinski definition) is 3. The number of nitrogens with zero attached hydrogens (tertiary/aromatic N) is 3. The van der Waals surface area contributed by atoms with Crippen LogP contribution in [0.15, 0.2) is 48.8 Å². The van der Waals surface area contributed by atoms with Crippen molar-refractivity contribution in [1.29, 1.82) is 0 Å². The zero-order chi connectivity index (χ0) is 18.9. The van der Waals surface area contributed by atoms with Crippen molar-refractivity contribution in [2.45, 2.75) is 52.1 Å². The minimum Gasteiger partial charge on any atom is -0.367 e. The summed E-state index contributed by atoms with van der Waals surface area (Å²) in [7, 11) is 0. The van der Waals surface area contributed by atoms with Crippen molar-refractivity contribution in [3.63, 3.8) is 0 Å². The van der Waals surface area contributed by atoms with Gasteiger partial charge in [0.1, 0.15) is 0 Å². The van der Waals surface area contributed by atoms with Crippen molar-refractivity contribution >= 4 is 11.6 Å². The Hall–Kier alpha value is -2.36. The second-order valence-electron chi connectivity index (χ2n) is 8.35. The van der Waals surface area contributed by atoms with E-state index in [0.717, 1.165) is 13.1 Å². The van der Waals surface area contributed by atoms with Crippen molar-refractivity contribution in [2.24, 2.45) is 0 Å². The number of amides is 1. The minimum absolute atomic E-state index is 0.0927. The standard InChI is InChI=1S/C22H29N3O/c1-16-14-24(20-8-6-19(7-9-20)22(3,4)5)15-17(2)25(16)21(26)18-10-12-23-13-11-18/h6-13,16-17H,14-15H2,1-5H3/t16-,17+. The quantitative estimate of drug-likeness (QED) is 0.817. The highest BCUT2D eigenvalue weighted by Gasteiger charge is 2.33. The van der Waals surface area contributed by atoms with Crippen molar-refractivity contribution < 1.29 is 4.79 Å². The smallest absolute Gasteiger partial charge is 0.254 e. The van der Waals surface area contributed by atoms with Crippen LogP contribution in [0.1, 0.15) is 50.5 Å². The molecule has 3 rings (SSSR count). The maximum absolute atomic E-state index is 12.9. The van der Waals surface area contributed by atoms with Gasteiger partial charge in [-0.2, -0.15) is 0 Å². The molecule has 0 unspecified atom stereocenters. The molecule has 1 amide bonds. The third-order valence-electron chi connectivity index (χ3n) is 5.18. The zero-order valence-corrected chi connectivity index (χ0v) is 16.4. The molecule has 1 aromatic heterocycles. The third-order valence-corrected chi connectivity index (χ3v) is 5.18. The summed E-state index contributed by atoms with van der Waals surface area (Å²) in [5.74, 6) is 0.0927. The largest absolute Gasteiger partial charge is 0.367 e. The van der Waals surface area contributed by atoms with E-state index in [1.165, 1.54) is 11.3 Å². The van der Waals surface area contributed by atoms with E-state index in [4.69, 9.17) is 0 Å². The summed E-state index contributed by atoms with van der Waals surface area (Å²) in [4.78, 5) is 21.3. The van der Waals surface area contributed by atoms with E-state index in [-0.39, 0.29) is 23.4 Å². The molecule has 0 bridgehead atoms. The van der Waals surface area contributed by atoms with Gasteiger partial charge in [-0.15, -0.1) is 0 Å². The fourth-order valence-corrected chi connectivity index (χ4v) is 3.75. The van der Waals surface area contributed by atoms with E-state index >= 15 is 0 Å². The SMILES string of the molecule is C[C@@H]1CN(c2ccc(C(C)(C)C)cc2)C[C@H](C)N1C(=O)c1ccncc1. The van der Waals surface area contributed by atoms with Crippen LogP contribution in [-0.2, 0) is 5.41 Å². The molecule has 138 valence electrons. The Bertz CT molecular complexity index is 737. The topological polar surface area (TPSA) is 36.4 Å². The maximum Gasteiger partial charge on any atom is 0.254 e. The number of carbonyl (C=O) groups is 1. The molecule has 1 aliphatic rings. The Morgan fingerprint density at radius 1 is 0.962 bits per heavy atom. The summed E-state index contributed by atoms with van der Waals surface area (Å²) in [6.45, 7) is 12.6. The van der Waals surface area contributed by atoms with Gasteiger partial charge in [0.25, 0.3) is 5.91 Å². The summed E-state index contributed by atoms with van der Waals surface area (Å²) >= 11 is 0. The van der Waals surface area contributed by atoms with Gasteiger partial charge in [-0.05, 0) is 49.1 Å². The van der Waals surface area contributed by atoms with Crippen LogP contribution >= 0.6 is 0 Å². The first kappa shape index (κ1) is 18.4. The highest BCUT2D eigenvalue weighted by atomic mass is 16.2. The molecule has 1 saturated heterocycles. The van der Waals surface area contributed by atoms with Gasteiger partial charge < -0.3 is 9.80 Å². The molecule has 1 aromatic carbocycles. The molecule has 2 aromatic rings. The summed E-state index contributed by atoms with van der Waals surface area (Å²) in [6, 6.07) is 12.8. The molecule has 1 aliphatic heterocycles. The highest BCUT2D eigenvalue weighted by molar-refractivity contribution is 5.94. The van der Waals surface area contributed by atoms with Crippen LogP contribution in [0.3, 0.4) is 0 Å². The van der Waals surface area contributed by atoms with E-state index in [1.54, 1.807) is 24.5 Å². The molecule has 2 atom stereocenters. The van der Waals surface area contributed by atoms with E-state index in [2.05, 4.69) is 68.8 Å². The van der Waals surface area contributed by atoms with Gasteiger partial charge in [-0.25, -0.2) is 0 Å². The Morgan fingerprint density at radius 2 is 1.50 bits per heavy atom. The van der Waals surface area contributed by atoms with Crippen LogP contribution in [0.25, 0.3) is 0 Å². The molecule has 0 saturated carbocycles. The monoisotopic (exact) mass is 351 g/mol. The van der Waals surface area contributed by atoms with Crippen molar-refractivity contribution in [3.05, 3.63) is 59.9 Å². The predicted molar refractivity (Wildman–Crippen MR) is 107 cm³/mol. The van der Waals surface area contributed by atoms with Crippen molar-refractivity contribution in [3.8, 4) is 0 Å². The van der Waals surface area contributed by atoms with E-state index in [0.29, 0.717) is 5.56 Å². The van der Waals surface area contributed by atoms with Crippen LogP contribution in [-0.4, -0.2) is 41.0 Å². The fraction of sp³-hybridized carbons (Fsp3) is 0.455. The first-order valence-electron chi connectivity index (χ1n) is 9.35. The van der Waals surface area contributed by atoms with Crippen molar-refractivity contribution in [2.75, 3.05) is 18.0 Å². The lowest BCUT2D eigenvalue weighted by Crippen LogP contribution is -2.58. The van der Waals surface area contributed by atoms with E-state index in [1.807, 2.05) is 4.90 Å². The second-order valence-corrected chi connectivity index (χ2v) is 8.35. The molecule has 1 fully saturated rings. The van der Waals surface area contributed by atoms with Crippen LogP contribution in [0.2, 0.25) is 0 Å². The number of rotatable bonds is 2. The second kappa shape index (κ2) is 7.10. The summed E-state index contributed by atoms with van der Waals surface area (Å²) in [6.07, 6.45) is 3.35. The van der Waals surface area contributed by atoms with Gasteiger partial charge in [0.15, 0.2) is 0 Å². The molecule has 4 heteroatoms. The van der Waals surface area contributed by atoms with Crippen molar-refractivity contribution in [1.82, 2.24) is 9.88 Å². The molecule has 26 heavy (non-hydrogen) atoms. The van der Waals surface area contributed by atoms with E-state index in [9.17, 15) is 4.79 Å². The van der Waals surface area contributed by atoms with Crippen LogP contribution in [0.4, 0.5) is 5.69 Å². The Labute approximate surface area is 156 Å². The number of hydrogen-bond donors (Lipinski definition) is 0. The number of pyridine rings is 1. The number of aromatic nitrogens is 1. The molecule has 4 nitrogen and oxygen atoms in total. The summed E-state index contributed by atoms with van der Waals surface area (Å²) in [5, 5.41) is 0. The first-order chi connectivity index (χ1) is 12.3. The number of piperazine rings is 1. The Kier molecular flexibility index (Phi) is 5.03. The van der Waals surface area contributed by atoms with Gasteiger partial charge >= 0.3 is 0 Å². The third kappa shape index (κ3) is 3.74. The van der Waals surface area contributed by atoms with Crippen LogP contribution in [0.5, 0.6) is 0 Å². The zero-order valence-electron chi connectivity index (χ0n) is 16.4. The minimum atomic E-state index is 0.0927. The van der Waals surface area contributed by atoms with Crippen LogP contribution < -0.4 is 4.90 Å². The fourth-order valence-electron chi connectivity index (χ4n) is 3.75. The van der Waals surface area contributed by atoms with Gasteiger partial charge in [0.2, 0.25) is 0 Å². The molecule has 0 aliphatic carbocycles. The summed E-state index contributed by atoms with van der Waals surface area (Å²) < 4.78 is 0. The lowest BCUT2D eigenvalue weighted by Gasteiger charge is -2.45. The Balaban J connectivity index is 1.75. The lowest BCUT2D eigenvalue weighted by molar-refractivity contribution is 0.0574. The molecular weight excluding hydrogens is 322 g/mol. The van der Waals surface area contributed by atoms with Gasteiger partial charge in [0, 0.05) is 48.8 Å². The predicted octanol–water partition coefficient (Wildman–Crippen LogP) is 4.12. The molecule has 0 spiro atoms. The molecule has 0 N–H and O–H groups in total. The highest BCUT2D eigenvalue weighted by Crippen LogP contribution is 2.27. The van der Waals surface area contributed by atoms with E-state index < -0.39 is 0 Å².